The Balaban J connectivity index is 2.41. The predicted molar refractivity (Wildman–Crippen MR) is 56.3 cm³/mol. The van der Waals surface area contributed by atoms with E-state index >= 15 is 0 Å². The van der Waals surface area contributed by atoms with E-state index in [0.29, 0.717) is 12.5 Å². The van der Waals surface area contributed by atoms with E-state index in [0.717, 1.165) is 12.8 Å². The molecule has 0 heterocycles. The Labute approximate surface area is 90.3 Å². The number of carboxylic acid groups (broad SMARTS) is 1. The molecule has 1 amide bonds. The van der Waals surface area contributed by atoms with Crippen molar-refractivity contribution in [1.29, 1.82) is 0 Å². The Hall–Kier alpha value is -1.06. The second-order valence-corrected chi connectivity index (χ2v) is 4.58. The summed E-state index contributed by atoms with van der Waals surface area (Å²) in [4.78, 5) is 24.0. The van der Waals surface area contributed by atoms with Crippen LogP contribution in [0.25, 0.3) is 0 Å². The summed E-state index contributed by atoms with van der Waals surface area (Å²) in [6, 6.07) is 0. The van der Waals surface area contributed by atoms with Gasteiger partial charge in [-0.2, -0.15) is 0 Å². The van der Waals surface area contributed by atoms with E-state index in [1.54, 1.807) is 18.9 Å². The summed E-state index contributed by atoms with van der Waals surface area (Å²) in [5.74, 6) is -0.694. The number of carboxylic acids is 1. The molecule has 1 saturated carbocycles. The number of aliphatic carboxylic acids is 1. The minimum Gasteiger partial charge on any atom is -0.481 e. The lowest BCUT2D eigenvalue weighted by Crippen LogP contribution is -2.37. The van der Waals surface area contributed by atoms with Gasteiger partial charge in [0.05, 0.1) is 5.92 Å². The van der Waals surface area contributed by atoms with Crippen LogP contribution in [-0.4, -0.2) is 35.5 Å². The van der Waals surface area contributed by atoms with Crippen molar-refractivity contribution in [2.75, 3.05) is 13.6 Å². The molecular formula is C11H19NO3. The highest BCUT2D eigenvalue weighted by atomic mass is 16.4. The van der Waals surface area contributed by atoms with Gasteiger partial charge in [0, 0.05) is 19.5 Å². The topological polar surface area (TPSA) is 57.6 Å². The molecule has 0 bridgehead atoms. The van der Waals surface area contributed by atoms with Crippen LogP contribution in [0.3, 0.4) is 0 Å². The molecule has 15 heavy (non-hydrogen) atoms. The third kappa shape index (κ3) is 3.22. The highest BCUT2D eigenvalue weighted by Crippen LogP contribution is 2.37. The van der Waals surface area contributed by atoms with Crippen LogP contribution in [-0.2, 0) is 9.59 Å². The van der Waals surface area contributed by atoms with Gasteiger partial charge in [-0.3, -0.25) is 9.59 Å². The van der Waals surface area contributed by atoms with E-state index in [9.17, 15) is 9.59 Å². The number of rotatable bonds is 5. The van der Waals surface area contributed by atoms with Crippen molar-refractivity contribution in [1.82, 2.24) is 4.90 Å². The van der Waals surface area contributed by atoms with Gasteiger partial charge in [0.15, 0.2) is 0 Å². The minimum absolute atomic E-state index is 0.0518. The standard InChI is InChI=1S/C11H19NO3/c1-7(11(14)15)6-12(3)10(13)8(2)9-4-5-9/h7-9H,4-6H2,1-3H3,(H,14,15). The van der Waals surface area contributed by atoms with Crippen LogP contribution in [0.4, 0.5) is 0 Å². The smallest absolute Gasteiger partial charge is 0.308 e. The molecule has 0 aromatic rings. The van der Waals surface area contributed by atoms with Crippen molar-refractivity contribution in [2.24, 2.45) is 17.8 Å². The zero-order valence-electron chi connectivity index (χ0n) is 9.56. The molecular weight excluding hydrogens is 194 g/mol. The molecule has 4 nitrogen and oxygen atoms in total. The molecule has 2 unspecified atom stereocenters. The van der Waals surface area contributed by atoms with Gasteiger partial charge in [-0.15, -0.1) is 0 Å². The lowest BCUT2D eigenvalue weighted by atomic mass is 10.0. The zero-order chi connectivity index (χ0) is 11.6. The fraction of sp³-hybridized carbons (Fsp3) is 0.818. The van der Waals surface area contributed by atoms with E-state index in [1.807, 2.05) is 6.92 Å². The number of nitrogens with zero attached hydrogens (tertiary/aromatic N) is 1. The highest BCUT2D eigenvalue weighted by molar-refractivity contribution is 5.79. The third-order valence-electron chi connectivity index (χ3n) is 3.06. The largest absolute Gasteiger partial charge is 0.481 e. The fourth-order valence-electron chi connectivity index (χ4n) is 1.72. The average Bonchev–Trinajstić information content (AvgIpc) is 2.98. The molecule has 1 N–H and O–H groups in total. The van der Waals surface area contributed by atoms with Crippen LogP contribution in [0.15, 0.2) is 0 Å². The van der Waals surface area contributed by atoms with Crippen LogP contribution < -0.4 is 0 Å². The summed E-state index contributed by atoms with van der Waals surface area (Å²) in [6.07, 6.45) is 2.27. The highest BCUT2D eigenvalue weighted by Gasteiger charge is 2.34. The van der Waals surface area contributed by atoms with Crippen molar-refractivity contribution in [3.05, 3.63) is 0 Å². The minimum atomic E-state index is -0.853. The summed E-state index contributed by atoms with van der Waals surface area (Å²) < 4.78 is 0. The Morgan fingerprint density at radius 1 is 1.40 bits per heavy atom. The molecule has 86 valence electrons. The van der Waals surface area contributed by atoms with E-state index in [4.69, 9.17) is 5.11 Å². The monoisotopic (exact) mass is 213 g/mol. The van der Waals surface area contributed by atoms with Crippen molar-refractivity contribution in [2.45, 2.75) is 26.7 Å². The van der Waals surface area contributed by atoms with Crippen LogP contribution >= 0.6 is 0 Å². The quantitative estimate of drug-likeness (QED) is 0.746. The first-order valence-corrected chi connectivity index (χ1v) is 5.41. The number of hydrogen-bond donors (Lipinski definition) is 1. The molecule has 1 rings (SSSR count). The van der Waals surface area contributed by atoms with Gasteiger partial charge >= 0.3 is 5.97 Å². The Bertz CT molecular complexity index is 261. The summed E-state index contributed by atoms with van der Waals surface area (Å²) in [6.45, 7) is 3.85. The molecule has 4 heteroatoms. The molecule has 2 atom stereocenters. The number of hydrogen-bond acceptors (Lipinski definition) is 2. The van der Waals surface area contributed by atoms with E-state index in [1.165, 1.54) is 0 Å². The molecule has 1 aliphatic carbocycles. The molecule has 1 fully saturated rings. The predicted octanol–water partition coefficient (Wildman–Crippen LogP) is 1.21. The maximum atomic E-state index is 11.8. The van der Waals surface area contributed by atoms with Crippen molar-refractivity contribution < 1.29 is 14.7 Å². The molecule has 0 radical (unpaired) electrons. The van der Waals surface area contributed by atoms with E-state index < -0.39 is 11.9 Å². The lowest BCUT2D eigenvalue weighted by molar-refractivity contribution is -0.143. The summed E-state index contributed by atoms with van der Waals surface area (Å²) in [5.41, 5.74) is 0. The molecule has 0 aromatic carbocycles. The fourth-order valence-corrected chi connectivity index (χ4v) is 1.72. The molecule has 0 spiro atoms. The van der Waals surface area contributed by atoms with Crippen LogP contribution in [0, 0.1) is 17.8 Å². The van der Waals surface area contributed by atoms with Gasteiger partial charge in [0.25, 0.3) is 0 Å². The number of amides is 1. The summed E-state index contributed by atoms with van der Waals surface area (Å²) in [5, 5.41) is 8.73. The van der Waals surface area contributed by atoms with Gasteiger partial charge in [-0.05, 0) is 18.8 Å². The van der Waals surface area contributed by atoms with Gasteiger partial charge in [-0.25, -0.2) is 0 Å². The first-order valence-electron chi connectivity index (χ1n) is 5.41. The number of carbonyl (C=O) groups is 2. The average molecular weight is 213 g/mol. The third-order valence-corrected chi connectivity index (χ3v) is 3.06. The van der Waals surface area contributed by atoms with E-state index in [-0.39, 0.29) is 11.8 Å². The molecule has 0 saturated heterocycles. The summed E-state index contributed by atoms with van der Waals surface area (Å²) in [7, 11) is 1.68. The Morgan fingerprint density at radius 2 is 1.93 bits per heavy atom. The van der Waals surface area contributed by atoms with Crippen LogP contribution in [0.5, 0.6) is 0 Å². The second kappa shape index (κ2) is 4.64. The number of carbonyl (C=O) groups excluding carboxylic acids is 1. The van der Waals surface area contributed by atoms with Crippen LogP contribution in [0.1, 0.15) is 26.7 Å². The SMILES string of the molecule is CC(CN(C)C(=O)C(C)C1CC1)C(=O)O. The van der Waals surface area contributed by atoms with Gasteiger partial charge in [-0.1, -0.05) is 13.8 Å². The zero-order valence-corrected chi connectivity index (χ0v) is 9.56. The maximum absolute atomic E-state index is 11.8. The molecule has 1 aliphatic rings. The van der Waals surface area contributed by atoms with E-state index in [2.05, 4.69) is 0 Å². The molecule has 0 aliphatic heterocycles. The van der Waals surface area contributed by atoms with Gasteiger partial charge < -0.3 is 10.0 Å². The Morgan fingerprint density at radius 3 is 2.33 bits per heavy atom. The molecule has 0 aromatic heterocycles. The lowest BCUT2D eigenvalue weighted by Gasteiger charge is -2.22. The second-order valence-electron chi connectivity index (χ2n) is 4.58. The maximum Gasteiger partial charge on any atom is 0.308 e. The van der Waals surface area contributed by atoms with Crippen LogP contribution in [0.2, 0.25) is 0 Å². The van der Waals surface area contributed by atoms with Gasteiger partial charge in [0.2, 0.25) is 5.91 Å². The normalized spacial score (nSPS) is 19.4. The van der Waals surface area contributed by atoms with Crippen molar-refractivity contribution in [3.63, 3.8) is 0 Å². The van der Waals surface area contributed by atoms with Crippen molar-refractivity contribution >= 4 is 11.9 Å². The Kier molecular flexibility index (Phi) is 3.72. The van der Waals surface area contributed by atoms with Gasteiger partial charge in [0.1, 0.15) is 0 Å². The van der Waals surface area contributed by atoms with Crippen molar-refractivity contribution in [3.8, 4) is 0 Å². The summed E-state index contributed by atoms with van der Waals surface area (Å²) >= 11 is 0. The first kappa shape index (κ1) is 12.0. The first-order chi connectivity index (χ1) is 6.93.